The van der Waals surface area contributed by atoms with E-state index in [1.54, 1.807) is 18.2 Å². The number of rotatable bonds is 3. The van der Waals surface area contributed by atoms with Gasteiger partial charge in [-0.3, -0.25) is 14.3 Å². The van der Waals surface area contributed by atoms with Crippen molar-refractivity contribution < 1.29 is 9.13 Å². The van der Waals surface area contributed by atoms with Gasteiger partial charge in [0.2, 0.25) is 5.82 Å². The van der Waals surface area contributed by atoms with Crippen LogP contribution in [0.15, 0.2) is 34.0 Å². The number of H-pyrrole nitrogens is 1. The first-order valence-electron chi connectivity index (χ1n) is 5.42. The maximum absolute atomic E-state index is 13.1. The average molecular weight is 265 g/mol. The van der Waals surface area contributed by atoms with Crippen LogP contribution >= 0.6 is 0 Å². The molecule has 6 nitrogen and oxygen atoms in total. The van der Waals surface area contributed by atoms with Crippen LogP contribution in [-0.4, -0.2) is 16.7 Å². The van der Waals surface area contributed by atoms with Crippen molar-refractivity contribution in [2.75, 3.05) is 12.8 Å². The first kappa shape index (κ1) is 12.9. The Morgan fingerprint density at radius 1 is 1.37 bits per heavy atom. The van der Waals surface area contributed by atoms with Crippen LogP contribution in [0.25, 0.3) is 0 Å². The number of nitrogens with two attached hydrogens (primary N) is 1. The lowest BCUT2D eigenvalue weighted by atomic mass is 10.2. The smallest absolute Gasteiger partial charge is 0.328 e. The van der Waals surface area contributed by atoms with Gasteiger partial charge in [-0.1, -0.05) is 0 Å². The standard InChI is InChI=1S/C12H12FN3O3/c1-19-9-3-7(2-8(14)4-9)5-16-6-10(13)11(17)15-12(16)18/h2-4,6H,5,14H2,1H3,(H,15,17,18). The van der Waals surface area contributed by atoms with Crippen molar-refractivity contribution in [1.82, 2.24) is 9.55 Å². The molecular weight excluding hydrogens is 253 g/mol. The average Bonchev–Trinajstić information content (AvgIpc) is 2.35. The summed E-state index contributed by atoms with van der Waals surface area (Å²) in [5.41, 5.74) is 5.08. The predicted molar refractivity (Wildman–Crippen MR) is 67.8 cm³/mol. The van der Waals surface area contributed by atoms with Gasteiger partial charge in [0.05, 0.1) is 19.9 Å². The van der Waals surface area contributed by atoms with E-state index in [1.165, 1.54) is 7.11 Å². The summed E-state index contributed by atoms with van der Waals surface area (Å²) in [7, 11) is 1.49. The lowest BCUT2D eigenvalue weighted by molar-refractivity contribution is 0.414. The van der Waals surface area contributed by atoms with Crippen LogP contribution in [0.1, 0.15) is 5.56 Å². The Labute approximate surface area is 107 Å². The molecule has 2 rings (SSSR count). The topological polar surface area (TPSA) is 90.1 Å². The van der Waals surface area contributed by atoms with Gasteiger partial charge >= 0.3 is 5.69 Å². The van der Waals surface area contributed by atoms with Gasteiger partial charge in [-0.25, -0.2) is 4.79 Å². The van der Waals surface area contributed by atoms with Crippen molar-refractivity contribution in [3.63, 3.8) is 0 Å². The van der Waals surface area contributed by atoms with Crippen molar-refractivity contribution in [3.8, 4) is 5.75 Å². The van der Waals surface area contributed by atoms with E-state index in [9.17, 15) is 14.0 Å². The molecule has 0 radical (unpaired) electrons. The number of halogens is 1. The quantitative estimate of drug-likeness (QED) is 0.782. The number of anilines is 1. The third-order valence-corrected chi connectivity index (χ3v) is 2.54. The van der Waals surface area contributed by atoms with E-state index in [0.717, 1.165) is 10.8 Å². The molecule has 7 heteroatoms. The summed E-state index contributed by atoms with van der Waals surface area (Å²) in [5, 5.41) is 0. The highest BCUT2D eigenvalue weighted by Crippen LogP contribution is 2.18. The summed E-state index contributed by atoms with van der Waals surface area (Å²) in [6.07, 6.45) is 0.858. The predicted octanol–water partition coefficient (Wildman–Crippen LogP) is 0.315. The Bertz CT molecular complexity index is 721. The molecule has 19 heavy (non-hydrogen) atoms. The third-order valence-electron chi connectivity index (χ3n) is 2.54. The van der Waals surface area contributed by atoms with E-state index in [-0.39, 0.29) is 6.54 Å². The Hall–Kier alpha value is -2.57. The zero-order chi connectivity index (χ0) is 14.0. The van der Waals surface area contributed by atoms with Crippen LogP contribution in [0, 0.1) is 5.82 Å². The van der Waals surface area contributed by atoms with Crippen LogP contribution in [-0.2, 0) is 6.54 Å². The SMILES string of the molecule is COc1cc(N)cc(Cn2cc(F)c(=O)[nH]c2=O)c1. The van der Waals surface area contributed by atoms with Gasteiger partial charge in [0.1, 0.15) is 5.75 Å². The number of aromatic nitrogens is 2. The molecule has 0 atom stereocenters. The van der Waals surface area contributed by atoms with E-state index >= 15 is 0 Å². The molecule has 0 aliphatic carbocycles. The van der Waals surface area contributed by atoms with Crippen LogP contribution in [0.3, 0.4) is 0 Å². The van der Waals surface area contributed by atoms with E-state index in [2.05, 4.69) is 0 Å². The highest BCUT2D eigenvalue weighted by Gasteiger charge is 2.06. The number of hydrogen-bond acceptors (Lipinski definition) is 4. The minimum absolute atomic E-state index is 0.0773. The number of nitrogens with one attached hydrogen (secondary N) is 1. The molecule has 2 aromatic rings. The second-order valence-electron chi connectivity index (χ2n) is 3.98. The van der Waals surface area contributed by atoms with Crippen LogP contribution in [0.2, 0.25) is 0 Å². The molecule has 1 aromatic heterocycles. The third kappa shape index (κ3) is 2.82. The van der Waals surface area contributed by atoms with E-state index in [1.807, 2.05) is 4.98 Å². The summed E-state index contributed by atoms with van der Waals surface area (Å²) < 4.78 is 19.2. The van der Waals surface area contributed by atoms with Gasteiger partial charge in [-0.05, 0) is 17.7 Å². The molecule has 100 valence electrons. The Morgan fingerprint density at radius 2 is 2.11 bits per heavy atom. The van der Waals surface area contributed by atoms with Crippen molar-refractivity contribution >= 4 is 5.69 Å². The largest absolute Gasteiger partial charge is 0.497 e. The van der Waals surface area contributed by atoms with Gasteiger partial charge in [-0.2, -0.15) is 4.39 Å². The lowest BCUT2D eigenvalue weighted by Gasteiger charge is -2.08. The summed E-state index contributed by atoms with van der Waals surface area (Å²) in [4.78, 5) is 24.3. The number of benzene rings is 1. The van der Waals surface area contributed by atoms with Gasteiger partial charge < -0.3 is 10.5 Å². The minimum Gasteiger partial charge on any atom is -0.497 e. The fourth-order valence-electron chi connectivity index (χ4n) is 1.69. The molecule has 3 N–H and O–H groups in total. The van der Waals surface area contributed by atoms with E-state index in [0.29, 0.717) is 17.0 Å². The number of methoxy groups -OCH3 is 1. The maximum atomic E-state index is 13.1. The van der Waals surface area contributed by atoms with E-state index < -0.39 is 17.1 Å². The van der Waals surface area contributed by atoms with Crippen LogP contribution < -0.4 is 21.7 Å². The molecular formula is C12H12FN3O3. The summed E-state index contributed by atoms with van der Waals surface area (Å²) in [5.74, 6) is -0.483. The molecule has 0 fully saturated rings. The number of aromatic amines is 1. The highest BCUT2D eigenvalue weighted by molar-refractivity contribution is 5.47. The molecule has 0 aliphatic rings. The molecule has 0 saturated carbocycles. The molecule has 0 bridgehead atoms. The van der Waals surface area contributed by atoms with Gasteiger partial charge in [-0.15, -0.1) is 0 Å². The Kier molecular flexibility index (Phi) is 3.37. The number of hydrogen-bond donors (Lipinski definition) is 2. The van der Waals surface area contributed by atoms with Gasteiger partial charge in [0.15, 0.2) is 0 Å². The minimum atomic E-state index is -1.04. The summed E-state index contributed by atoms with van der Waals surface area (Å²) in [6, 6.07) is 4.93. The highest BCUT2D eigenvalue weighted by atomic mass is 19.1. The first-order valence-corrected chi connectivity index (χ1v) is 5.42. The van der Waals surface area contributed by atoms with Gasteiger partial charge in [0, 0.05) is 11.8 Å². The van der Waals surface area contributed by atoms with Crippen molar-refractivity contribution in [3.05, 3.63) is 56.6 Å². The van der Waals surface area contributed by atoms with E-state index in [4.69, 9.17) is 10.5 Å². The monoisotopic (exact) mass is 265 g/mol. The lowest BCUT2D eigenvalue weighted by Crippen LogP contribution is -2.31. The Morgan fingerprint density at radius 3 is 2.79 bits per heavy atom. The Balaban J connectivity index is 2.41. The number of nitrogen functional groups attached to an aromatic ring is 1. The fraction of sp³-hybridized carbons (Fsp3) is 0.167. The second kappa shape index (κ2) is 4.97. The number of nitrogens with zero attached hydrogens (tertiary/aromatic N) is 1. The van der Waals surface area contributed by atoms with Crippen molar-refractivity contribution in [2.24, 2.45) is 0 Å². The summed E-state index contributed by atoms with van der Waals surface area (Å²) in [6.45, 7) is 0.0773. The van der Waals surface area contributed by atoms with Crippen LogP contribution in [0.4, 0.5) is 10.1 Å². The summed E-state index contributed by atoms with van der Waals surface area (Å²) >= 11 is 0. The molecule has 0 spiro atoms. The fourth-order valence-corrected chi connectivity index (χ4v) is 1.69. The zero-order valence-electron chi connectivity index (χ0n) is 10.1. The van der Waals surface area contributed by atoms with Crippen molar-refractivity contribution in [1.29, 1.82) is 0 Å². The zero-order valence-corrected chi connectivity index (χ0v) is 10.1. The number of ether oxygens (including phenoxy) is 1. The molecule has 1 heterocycles. The van der Waals surface area contributed by atoms with Gasteiger partial charge in [0.25, 0.3) is 5.56 Å². The molecule has 0 unspecified atom stereocenters. The van der Waals surface area contributed by atoms with Crippen molar-refractivity contribution in [2.45, 2.75) is 6.54 Å². The molecule has 0 saturated heterocycles. The van der Waals surface area contributed by atoms with Crippen LogP contribution in [0.5, 0.6) is 5.75 Å². The first-order chi connectivity index (χ1) is 8.99. The molecule has 0 amide bonds. The molecule has 0 aliphatic heterocycles. The second-order valence-corrected chi connectivity index (χ2v) is 3.98. The normalized spacial score (nSPS) is 10.4. The maximum Gasteiger partial charge on any atom is 0.328 e. The molecule has 1 aromatic carbocycles.